The number of quaternary nitrogens is 1. The Bertz CT molecular complexity index is 994. The SMILES string of the molecule is Cc1cccc(Nc2ncnc3cnc(N[C@H]4CC[C@H]([N+](C)(C)[O-])CC4)nc23)c1. The molecular formula is C21H27N7O. The van der Waals surface area contributed by atoms with E-state index in [1.54, 1.807) is 20.3 Å². The molecule has 29 heavy (non-hydrogen) atoms. The summed E-state index contributed by atoms with van der Waals surface area (Å²) >= 11 is 0. The number of hydrogen-bond donors (Lipinski definition) is 2. The zero-order valence-electron chi connectivity index (χ0n) is 17.1. The summed E-state index contributed by atoms with van der Waals surface area (Å²) in [7, 11) is 3.46. The molecule has 0 atom stereocenters. The predicted molar refractivity (Wildman–Crippen MR) is 115 cm³/mol. The lowest BCUT2D eigenvalue weighted by Crippen LogP contribution is -2.46. The molecule has 0 bridgehead atoms. The second kappa shape index (κ2) is 7.88. The van der Waals surface area contributed by atoms with Crippen molar-refractivity contribution in [2.75, 3.05) is 24.7 Å². The normalized spacial score (nSPS) is 19.9. The van der Waals surface area contributed by atoms with E-state index >= 15 is 0 Å². The molecular weight excluding hydrogens is 366 g/mol. The molecule has 1 aliphatic carbocycles. The Balaban J connectivity index is 1.51. The van der Waals surface area contributed by atoms with Gasteiger partial charge in [-0.25, -0.2) is 19.9 Å². The highest BCUT2D eigenvalue weighted by molar-refractivity contribution is 5.87. The van der Waals surface area contributed by atoms with E-state index in [9.17, 15) is 5.21 Å². The fourth-order valence-electron chi connectivity index (χ4n) is 3.90. The Hall–Kier alpha value is -2.84. The van der Waals surface area contributed by atoms with E-state index < -0.39 is 0 Å². The Morgan fingerprint density at radius 3 is 2.59 bits per heavy atom. The third-order valence-electron chi connectivity index (χ3n) is 5.57. The van der Waals surface area contributed by atoms with Crippen LogP contribution >= 0.6 is 0 Å². The van der Waals surface area contributed by atoms with Gasteiger partial charge < -0.3 is 20.5 Å². The van der Waals surface area contributed by atoms with Crippen LogP contribution in [-0.4, -0.2) is 50.8 Å². The first-order valence-electron chi connectivity index (χ1n) is 10.0. The van der Waals surface area contributed by atoms with Gasteiger partial charge in [-0.2, -0.15) is 0 Å². The first kappa shape index (κ1) is 19.5. The van der Waals surface area contributed by atoms with Gasteiger partial charge in [0.25, 0.3) is 0 Å². The molecule has 2 N–H and O–H groups in total. The van der Waals surface area contributed by atoms with E-state index in [-0.39, 0.29) is 16.7 Å². The van der Waals surface area contributed by atoms with Gasteiger partial charge in [0.1, 0.15) is 17.4 Å². The average Bonchev–Trinajstić information content (AvgIpc) is 2.68. The quantitative estimate of drug-likeness (QED) is 0.503. The summed E-state index contributed by atoms with van der Waals surface area (Å²) < 4.78 is -0.218. The molecule has 0 aliphatic heterocycles. The molecule has 0 saturated heterocycles. The van der Waals surface area contributed by atoms with Gasteiger partial charge in [-0.1, -0.05) is 12.1 Å². The highest BCUT2D eigenvalue weighted by Gasteiger charge is 2.28. The topological polar surface area (TPSA) is 98.7 Å². The lowest BCUT2D eigenvalue weighted by molar-refractivity contribution is -0.868. The average molecular weight is 393 g/mol. The van der Waals surface area contributed by atoms with Crippen molar-refractivity contribution >= 4 is 28.5 Å². The second-order valence-electron chi connectivity index (χ2n) is 8.23. The molecule has 1 saturated carbocycles. The first-order valence-corrected chi connectivity index (χ1v) is 10.0. The predicted octanol–water partition coefficient (Wildman–Crippen LogP) is 3.77. The molecule has 1 aromatic carbocycles. The summed E-state index contributed by atoms with van der Waals surface area (Å²) in [5, 5.41) is 18.9. The molecule has 8 heteroatoms. The number of nitrogens with zero attached hydrogens (tertiary/aromatic N) is 5. The first-order chi connectivity index (χ1) is 13.9. The van der Waals surface area contributed by atoms with Crippen LogP contribution in [0.3, 0.4) is 0 Å². The van der Waals surface area contributed by atoms with Crippen molar-refractivity contribution in [1.82, 2.24) is 19.9 Å². The molecule has 0 amide bonds. The number of anilines is 3. The van der Waals surface area contributed by atoms with Crippen LogP contribution in [-0.2, 0) is 0 Å². The highest BCUT2D eigenvalue weighted by Crippen LogP contribution is 2.27. The number of benzene rings is 1. The van der Waals surface area contributed by atoms with Gasteiger partial charge in [0.2, 0.25) is 5.95 Å². The van der Waals surface area contributed by atoms with E-state index in [1.165, 1.54) is 11.9 Å². The minimum Gasteiger partial charge on any atom is -0.633 e. The van der Waals surface area contributed by atoms with E-state index in [4.69, 9.17) is 0 Å². The molecule has 2 aromatic heterocycles. The van der Waals surface area contributed by atoms with Crippen LogP contribution in [0.5, 0.6) is 0 Å². The van der Waals surface area contributed by atoms with Crippen molar-refractivity contribution in [2.45, 2.75) is 44.7 Å². The van der Waals surface area contributed by atoms with Gasteiger partial charge in [-0.05, 0) is 37.5 Å². The van der Waals surface area contributed by atoms with Crippen LogP contribution in [0.4, 0.5) is 17.5 Å². The molecule has 0 spiro atoms. The Morgan fingerprint density at radius 1 is 1.07 bits per heavy atom. The van der Waals surface area contributed by atoms with Crippen molar-refractivity contribution in [3.05, 3.63) is 47.6 Å². The Kier molecular flexibility index (Phi) is 5.29. The summed E-state index contributed by atoms with van der Waals surface area (Å²) in [6.45, 7) is 2.05. The largest absolute Gasteiger partial charge is 0.633 e. The van der Waals surface area contributed by atoms with Crippen LogP contribution in [0.15, 0.2) is 36.8 Å². The molecule has 1 fully saturated rings. The molecule has 4 rings (SSSR count). The van der Waals surface area contributed by atoms with Gasteiger partial charge in [-0.15, -0.1) is 0 Å². The van der Waals surface area contributed by atoms with E-state index in [1.807, 2.05) is 12.1 Å². The minimum absolute atomic E-state index is 0.170. The molecule has 152 valence electrons. The minimum atomic E-state index is -0.218. The van der Waals surface area contributed by atoms with E-state index in [0.29, 0.717) is 22.8 Å². The molecule has 1 aliphatic rings. The fraction of sp³-hybridized carbons (Fsp3) is 0.429. The van der Waals surface area contributed by atoms with Crippen LogP contribution < -0.4 is 10.6 Å². The number of nitrogens with one attached hydrogen (secondary N) is 2. The number of rotatable bonds is 5. The lowest BCUT2D eigenvalue weighted by Gasteiger charge is -2.45. The third kappa shape index (κ3) is 4.60. The van der Waals surface area contributed by atoms with Gasteiger partial charge in [-0.3, -0.25) is 0 Å². The summed E-state index contributed by atoms with van der Waals surface area (Å²) in [6.07, 6.45) is 6.93. The zero-order chi connectivity index (χ0) is 20.4. The van der Waals surface area contributed by atoms with Crippen LogP contribution in [0.1, 0.15) is 31.2 Å². The number of hydroxylamine groups is 3. The zero-order valence-corrected chi connectivity index (χ0v) is 17.1. The molecule has 0 radical (unpaired) electrons. The standard InChI is InChI=1S/C21H27N7O/c1-14-5-4-6-16(11-14)25-20-19-18(23-13-24-20)12-22-21(27-19)26-15-7-9-17(10-8-15)28(2,3)29/h4-6,11-13,15,17H,7-10H2,1-3H3,(H,22,26,27)(H,23,24,25)/t15-,17-. The number of fused-ring (bicyclic) bond motifs is 1. The number of hydrogen-bond acceptors (Lipinski definition) is 7. The van der Waals surface area contributed by atoms with Gasteiger partial charge in [0.05, 0.1) is 26.3 Å². The van der Waals surface area contributed by atoms with Crippen LogP contribution in [0.2, 0.25) is 0 Å². The van der Waals surface area contributed by atoms with Gasteiger partial charge in [0.15, 0.2) is 5.82 Å². The van der Waals surface area contributed by atoms with Gasteiger partial charge in [0, 0.05) is 24.6 Å². The summed E-state index contributed by atoms with van der Waals surface area (Å²) in [5.41, 5.74) is 3.49. The maximum atomic E-state index is 12.2. The molecule has 0 unspecified atom stereocenters. The Labute approximate surface area is 170 Å². The summed E-state index contributed by atoms with van der Waals surface area (Å²) in [6, 6.07) is 8.55. The monoisotopic (exact) mass is 393 g/mol. The summed E-state index contributed by atoms with van der Waals surface area (Å²) in [5.74, 6) is 1.22. The van der Waals surface area contributed by atoms with Crippen LogP contribution in [0.25, 0.3) is 11.0 Å². The second-order valence-corrected chi connectivity index (χ2v) is 8.23. The van der Waals surface area contributed by atoms with Crippen molar-refractivity contribution in [2.24, 2.45) is 0 Å². The van der Waals surface area contributed by atoms with Crippen molar-refractivity contribution in [3.63, 3.8) is 0 Å². The third-order valence-corrected chi connectivity index (χ3v) is 5.57. The molecule has 8 nitrogen and oxygen atoms in total. The number of aromatic nitrogens is 4. The maximum Gasteiger partial charge on any atom is 0.223 e. The van der Waals surface area contributed by atoms with Crippen molar-refractivity contribution in [1.29, 1.82) is 0 Å². The van der Waals surface area contributed by atoms with Crippen molar-refractivity contribution in [3.8, 4) is 0 Å². The van der Waals surface area contributed by atoms with Crippen LogP contribution in [0, 0.1) is 12.1 Å². The Morgan fingerprint density at radius 2 is 1.86 bits per heavy atom. The summed E-state index contributed by atoms with van der Waals surface area (Å²) in [4.78, 5) is 17.8. The lowest BCUT2D eigenvalue weighted by atomic mass is 9.90. The fourth-order valence-corrected chi connectivity index (χ4v) is 3.90. The van der Waals surface area contributed by atoms with Gasteiger partial charge >= 0.3 is 0 Å². The maximum absolute atomic E-state index is 12.2. The number of aryl methyl sites for hydroxylation is 1. The molecule has 3 aromatic rings. The smallest absolute Gasteiger partial charge is 0.223 e. The van der Waals surface area contributed by atoms with E-state index in [2.05, 4.69) is 49.6 Å². The van der Waals surface area contributed by atoms with E-state index in [0.717, 1.165) is 31.4 Å². The molecule has 2 heterocycles. The highest BCUT2D eigenvalue weighted by atomic mass is 16.5. The van der Waals surface area contributed by atoms with Crippen molar-refractivity contribution < 1.29 is 4.65 Å².